The second-order valence-corrected chi connectivity index (χ2v) is 8.27. The Morgan fingerprint density at radius 1 is 1.06 bits per heavy atom. The first kappa shape index (κ1) is 20.8. The van der Waals surface area contributed by atoms with Crippen LogP contribution in [-0.4, -0.2) is 31.1 Å². The minimum Gasteiger partial charge on any atom is -0.507 e. The van der Waals surface area contributed by atoms with E-state index in [1.165, 1.54) is 18.2 Å². The van der Waals surface area contributed by atoms with Crippen molar-refractivity contribution in [1.82, 2.24) is 14.8 Å². The molecule has 0 spiro atoms. The molecule has 0 saturated carbocycles. The van der Waals surface area contributed by atoms with Crippen LogP contribution in [0.1, 0.15) is 10.4 Å². The molecule has 1 N–H and O–H groups in total. The van der Waals surface area contributed by atoms with Crippen LogP contribution in [-0.2, 0) is 0 Å². The molecule has 0 fully saturated rings. The molecule has 0 saturated heterocycles. The highest BCUT2D eigenvalue weighted by Gasteiger charge is 2.23. The molecule has 0 radical (unpaired) electrons. The minimum absolute atomic E-state index is 0.0191. The Morgan fingerprint density at radius 3 is 2.55 bits per heavy atom. The summed E-state index contributed by atoms with van der Waals surface area (Å²) in [5.74, 6) is 0.394. The molecule has 4 aromatic rings. The molecule has 0 bridgehead atoms. The Kier molecular flexibility index (Phi) is 5.83. The molecule has 3 aromatic carbocycles. The summed E-state index contributed by atoms with van der Waals surface area (Å²) >= 11 is 4.44. The Balaban J connectivity index is 1.89. The average Bonchev–Trinajstić information content (AvgIpc) is 3.19. The Morgan fingerprint density at radius 2 is 1.84 bits per heavy atom. The number of benzene rings is 3. The van der Waals surface area contributed by atoms with E-state index in [-0.39, 0.29) is 17.0 Å². The molecule has 0 aliphatic heterocycles. The fraction of sp³-hybridized carbons (Fsp3) is 0. The third-order valence-corrected chi connectivity index (χ3v) is 5.87. The quantitative estimate of drug-likeness (QED) is 0.219. The first-order valence-electron chi connectivity index (χ1n) is 8.89. The first-order valence-corrected chi connectivity index (χ1v) is 10.5. The number of nitrogens with zero attached hydrogens (tertiary/aromatic N) is 4. The number of aromatic hydroxyl groups is 1. The van der Waals surface area contributed by atoms with Gasteiger partial charge < -0.3 is 5.11 Å². The van der Waals surface area contributed by atoms with Gasteiger partial charge in [-0.15, -0.1) is 10.2 Å². The van der Waals surface area contributed by atoms with E-state index in [1.54, 1.807) is 22.8 Å². The van der Waals surface area contributed by atoms with Crippen molar-refractivity contribution in [2.75, 3.05) is 0 Å². The summed E-state index contributed by atoms with van der Waals surface area (Å²) in [6, 6.07) is 18.4. The van der Waals surface area contributed by atoms with Gasteiger partial charge >= 0.3 is 0 Å². The van der Waals surface area contributed by atoms with E-state index in [0.29, 0.717) is 27.7 Å². The van der Waals surface area contributed by atoms with Gasteiger partial charge in [-0.05, 0) is 48.2 Å². The molecule has 0 unspecified atom stereocenters. The third kappa shape index (κ3) is 4.21. The molecule has 4 rings (SSSR count). The van der Waals surface area contributed by atoms with Crippen molar-refractivity contribution >= 4 is 39.7 Å². The second kappa shape index (κ2) is 8.70. The van der Waals surface area contributed by atoms with Crippen LogP contribution in [0.3, 0.4) is 0 Å². The van der Waals surface area contributed by atoms with Gasteiger partial charge in [0.15, 0.2) is 5.82 Å². The van der Waals surface area contributed by atoms with Crippen LogP contribution in [0.15, 0.2) is 81.3 Å². The maximum Gasteiger partial charge on any atom is 0.284 e. The maximum absolute atomic E-state index is 11.5. The van der Waals surface area contributed by atoms with E-state index in [1.807, 2.05) is 30.3 Å². The van der Waals surface area contributed by atoms with Crippen molar-refractivity contribution in [2.24, 2.45) is 0 Å². The molecule has 0 amide bonds. The number of rotatable bonds is 6. The van der Waals surface area contributed by atoms with Gasteiger partial charge in [-0.1, -0.05) is 40.2 Å². The molecular formula is C21H13BrN4O4S. The van der Waals surface area contributed by atoms with Crippen LogP contribution in [0, 0.1) is 10.1 Å². The molecule has 0 aliphatic rings. The minimum atomic E-state index is -0.542. The highest BCUT2D eigenvalue weighted by molar-refractivity contribution is 9.10. The average molecular weight is 497 g/mol. The summed E-state index contributed by atoms with van der Waals surface area (Å²) in [4.78, 5) is 22.3. The van der Waals surface area contributed by atoms with Gasteiger partial charge in [0.1, 0.15) is 12.0 Å². The lowest BCUT2D eigenvalue weighted by atomic mass is 10.2. The molecule has 31 heavy (non-hydrogen) atoms. The number of aldehydes is 1. The predicted molar refractivity (Wildman–Crippen MR) is 119 cm³/mol. The summed E-state index contributed by atoms with van der Waals surface area (Å²) < 4.78 is 2.46. The first-order chi connectivity index (χ1) is 15.0. The van der Waals surface area contributed by atoms with E-state index in [4.69, 9.17) is 0 Å². The van der Waals surface area contributed by atoms with Gasteiger partial charge in [-0.2, -0.15) is 0 Å². The van der Waals surface area contributed by atoms with Crippen molar-refractivity contribution in [1.29, 1.82) is 0 Å². The van der Waals surface area contributed by atoms with E-state index in [2.05, 4.69) is 26.1 Å². The third-order valence-electron chi connectivity index (χ3n) is 4.36. The highest BCUT2D eigenvalue weighted by atomic mass is 79.9. The normalized spacial score (nSPS) is 10.7. The number of phenolic OH excluding ortho intramolecular Hbond substituents is 1. The Bertz CT molecular complexity index is 1290. The zero-order valence-corrected chi connectivity index (χ0v) is 18.1. The van der Waals surface area contributed by atoms with E-state index in [0.717, 1.165) is 21.9 Å². The van der Waals surface area contributed by atoms with Crippen LogP contribution in [0.2, 0.25) is 0 Å². The molecular weight excluding hydrogens is 484 g/mol. The van der Waals surface area contributed by atoms with Crippen LogP contribution in [0.4, 0.5) is 5.69 Å². The molecule has 1 aromatic heterocycles. The van der Waals surface area contributed by atoms with Crippen molar-refractivity contribution in [3.8, 4) is 22.8 Å². The monoisotopic (exact) mass is 496 g/mol. The summed E-state index contributed by atoms with van der Waals surface area (Å²) in [5, 5.41) is 30.8. The lowest BCUT2D eigenvalue weighted by Gasteiger charge is -2.11. The number of aromatic nitrogens is 3. The van der Waals surface area contributed by atoms with E-state index in [9.17, 15) is 20.0 Å². The molecule has 0 atom stereocenters. The van der Waals surface area contributed by atoms with Gasteiger partial charge in [0.2, 0.25) is 5.16 Å². The summed E-state index contributed by atoms with van der Waals surface area (Å²) in [5.41, 5.74) is 1.17. The smallest absolute Gasteiger partial charge is 0.284 e. The molecule has 0 aliphatic carbocycles. The van der Waals surface area contributed by atoms with Crippen LogP contribution in [0.25, 0.3) is 17.1 Å². The summed E-state index contributed by atoms with van der Waals surface area (Å²) in [7, 11) is 0. The number of hydrogen-bond acceptors (Lipinski definition) is 7. The number of para-hydroxylation sites is 1. The van der Waals surface area contributed by atoms with Gasteiger partial charge in [0.05, 0.1) is 15.4 Å². The lowest BCUT2D eigenvalue weighted by molar-refractivity contribution is -0.387. The SMILES string of the molecule is O=Cc1ccc(Sc2nnc(-c3cc(Br)ccc3O)n2-c2ccccc2)c([N+](=O)[O-])c1. The highest BCUT2D eigenvalue weighted by Crippen LogP contribution is 2.39. The van der Waals surface area contributed by atoms with Crippen molar-refractivity contribution < 1.29 is 14.8 Å². The largest absolute Gasteiger partial charge is 0.507 e. The van der Waals surface area contributed by atoms with Crippen molar-refractivity contribution in [3.63, 3.8) is 0 Å². The molecule has 10 heteroatoms. The second-order valence-electron chi connectivity index (χ2n) is 6.34. The zero-order valence-electron chi connectivity index (χ0n) is 15.7. The van der Waals surface area contributed by atoms with Crippen LogP contribution < -0.4 is 0 Å². The number of phenols is 1. The lowest BCUT2D eigenvalue weighted by Crippen LogP contribution is -2.00. The van der Waals surface area contributed by atoms with Gasteiger partial charge in [-0.25, -0.2) is 0 Å². The number of nitro benzene ring substituents is 1. The number of nitro groups is 1. The summed E-state index contributed by atoms with van der Waals surface area (Å²) in [6.45, 7) is 0. The zero-order chi connectivity index (χ0) is 22.0. The van der Waals surface area contributed by atoms with E-state index >= 15 is 0 Å². The van der Waals surface area contributed by atoms with Crippen LogP contribution in [0.5, 0.6) is 5.75 Å². The van der Waals surface area contributed by atoms with Crippen molar-refractivity contribution in [3.05, 3.63) is 86.9 Å². The van der Waals surface area contributed by atoms with E-state index < -0.39 is 4.92 Å². The molecule has 1 heterocycles. The van der Waals surface area contributed by atoms with Gasteiger partial charge in [0, 0.05) is 21.8 Å². The van der Waals surface area contributed by atoms with Crippen LogP contribution >= 0.6 is 27.7 Å². The van der Waals surface area contributed by atoms with Gasteiger partial charge in [-0.3, -0.25) is 19.5 Å². The van der Waals surface area contributed by atoms with Gasteiger partial charge in [0.25, 0.3) is 5.69 Å². The fourth-order valence-electron chi connectivity index (χ4n) is 2.94. The maximum atomic E-state index is 11.5. The standard InChI is InChI=1S/C21H13BrN4O4S/c22-14-7-8-18(28)16(11-14)20-23-24-21(25(20)15-4-2-1-3-5-15)31-19-9-6-13(12-27)10-17(19)26(29)30/h1-12,28H. The number of carbonyl (C=O) groups excluding carboxylic acids is 1. The predicted octanol–water partition coefficient (Wildman–Crippen LogP) is 5.27. The van der Waals surface area contributed by atoms with Crippen molar-refractivity contribution in [2.45, 2.75) is 10.1 Å². The number of halogens is 1. The number of carbonyl (C=O) groups is 1. The summed E-state index contributed by atoms with van der Waals surface area (Å²) in [6.07, 6.45) is 0.558. The Hall–Kier alpha value is -3.50. The Labute approximate surface area is 188 Å². The molecule has 8 nitrogen and oxygen atoms in total. The number of hydrogen-bond donors (Lipinski definition) is 1. The fourth-order valence-corrected chi connectivity index (χ4v) is 4.24. The topological polar surface area (TPSA) is 111 Å². The molecule has 154 valence electrons.